The van der Waals surface area contributed by atoms with Gasteiger partial charge in [0.1, 0.15) is 0 Å². The minimum Gasteiger partial charge on any atom is -0.462 e. The Balaban J connectivity index is 2.06. The molecule has 2 rings (SSSR count). The van der Waals surface area contributed by atoms with Gasteiger partial charge in [-0.05, 0) is 42.2 Å². The van der Waals surface area contributed by atoms with Crippen molar-refractivity contribution in [1.82, 2.24) is 0 Å². The van der Waals surface area contributed by atoms with Gasteiger partial charge in [0.25, 0.3) is 0 Å². The first kappa shape index (κ1) is 14.1. The van der Waals surface area contributed by atoms with Gasteiger partial charge in [-0.15, -0.1) is 0 Å². The Morgan fingerprint density at radius 3 is 2.10 bits per heavy atom. The van der Waals surface area contributed by atoms with Crippen LogP contribution in [-0.4, -0.2) is 12.6 Å². The van der Waals surface area contributed by atoms with E-state index in [1.165, 1.54) is 11.1 Å². The Morgan fingerprint density at radius 2 is 1.60 bits per heavy atom. The number of ether oxygens (including phenoxy) is 1. The van der Waals surface area contributed by atoms with E-state index in [2.05, 4.69) is 30.8 Å². The fourth-order valence-electron chi connectivity index (χ4n) is 1.98. The van der Waals surface area contributed by atoms with Crippen molar-refractivity contribution < 1.29 is 9.53 Å². The predicted molar refractivity (Wildman–Crippen MR) is 81.7 cm³/mol. The number of carbonyl (C=O) groups excluding carboxylic acids is 1. The number of benzene rings is 2. The molecule has 0 aliphatic rings. The van der Waals surface area contributed by atoms with Crippen LogP contribution in [0.3, 0.4) is 0 Å². The largest absolute Gasteiger partial charge is 0.462 e. The average Bonchev–Trinajstić information content (AvgIpc) is 2.49. The molecule has 0 bridgehead atoms. The number of hydrogen-bond acceptors (Lipinski definition) is 2. The van der Waals surface area contributed by atoms with E-state index in [0.717, 1.165) is 12.0 Å². The van der Waals surface area contributed by atoms with Crippen LogP contribution in [0.15, 0.2) is 55.1 Å². The minimum absolute atomic E-state index is 0.269. The van der Waals surface area contributed by atoms with E-state index >= 15 is 0 Å². The lowest BCUT2D eigenvalue weighted by atomic mass is 10.0. The van der Waals surface area contributed by atoms with E-state index in [4.69, 9.17) is 4.74 Å². The quantitative estimate of drug-likeness (QED) is 0.762. The average molecular weight is 266 g/mol. The van der Waals surface area contributed by atoms with Crippen molar-refractivity contribution in [2.75, 3.05) is 6.61 Å². The molecule has 0 saturated heterocycles. The monoisotopic (exact) mass is 266 g/mol. The molecule has 0 aliphatic heterocycles. The number of carbonyl (C=O) groups is 1. The summed E-state index contributed by atoms with van der Waals surface area (Å²) in [4.78, 5) is 11.6. The molecule has 0 aromatic heterocycles. The second-order valence-corrected chi connectivity index (χ2v) is 4.54. The van der Waals surface area contributed by atoms with Gasteiger partial charge in [0.15, 0.2) is 0 Å². The molecule has 0 N–H and O–H groups in total. The van der Waals surface area contributed by atoms with E-state index in [1.807, 2.05) is 30.3 Å². The third kappa shape index (κ3) is 3.58. The molecule has 0 saturated carbocycles. The molecule has 0 heterocycles. The summed E-state index contributed by atoms with van der Waals surface area (Å²) in [7, 11) is 0. The van der Waals surface area contributed by atoms with Crippen molar-refractivity contribution >= 4 is 12.0 Å². The molecule has 0 amide bonds. The Kier molecular flexibility index (Phi) is 4.72. The highest BCUT2D eigenvalue weighted by Gasteiger charge is 2.05. The molecular weight excluding hydrogens is 248 g/mol. The fourth-order valence-corrected chi connectivity index (χ4v) is 1.98. The summed E-state index contributed by atoms with van der Waals surface area (Å²) in [5.74, 6) is -0.269. The van der Waals surface area contributed by atoms with Gasteiger partial charge in [0.2, 0.25) is 0 Å². The maximum atomic E-state index is 11.6. The third-order valence-electron chi connectivity index (χ3n) is 3.09. The first-order valence-electron chi connectivity index (χ1n) is 6.70. The summed E-state index contributed by atoms with van der Waals surface area (Å²) in [5.41, 5.74) is 4.12. The zero-order valence-electron chi connectivity index (χ0n) is 11.6. The van der Waals surface area contributed by atoms with Crippen LogP contribution in [0.1, 0.15) is 34.0 Å². The van der Waals surface area contributed by atoms with Crippen molar-refractivity contribution in [3.05, 3.63) is 77.4 Å². The van der Waals surface area contributed by atoms with Crippen molar-refractivity contribution in [3.8, 4) is 0 Å². The zero-order chi connectivity index (χ0) is 14.4. The Bertz CT molecular complexity index is 580. The predicted octanol–water partition coefficient (Wildman–Crippen LogP) is 4.10. The highest BCUT2D eigenvalue weighted by atomic mass is 16.5. The molecule has 20 heavy (non-hydrogen) atoms. The number of hydrogen-bond donors (Lipinski definition) is 0. The lowest BCUT2D eigenvalue weighted by Crippen LogP contribution is -2.04. The van der Waals surface area contributed by atoms with Crippen molar-refractivity contribution in [3.63, 3.8) is 0 Å². The molecule has 0 aliphatic carbocycles. The normalized spacial score (nSPS) is 10.1. The molecule has 0 radical (unpaired) electrons. The first-order valence-corrected chi connectivity index (χ1v) is 6.70. The van der Waals surface area contributed by atoms with Gasteiger partial charge in [-0.25, -0.2) is 4.79 Å². The second-order valence-electron chi connectivity index (χ2n) is 4.54. The van der Waals surface area contributed by atoms with Gasteiger partial charge in [-0.1, -0.05) is 49.1 Å². The van der Waals surface area contributed by atoms with E-state index in [1.54, 1.807) is 6.92 Å². The molecular formula is C18H18O2. The lowest BCUT2D eigenvalue weighted by molar-refractivity contribution is 0.0526. The van der Waals surface area contributed by atoms with Crippen LogP contribution in [0.25, 0.3) is 6.08 Å². The van der Waals surface area contributed by atoms with Crippen LogP contribution in [0.5, 0.6) is 0 Å². The fraction of sp³-hybridized carbons (Fsp3) is 0.167. The van der Waals surface area contributed by atoms with Crippen LogP contribution in [0, 0.1) is 0 Å². The van der Waals surface area contributed by atoms with E-state index < -0.39 is 0 Å². The summed E-state index contributed by atoms with van der Waals surface area (Å²) in [5, 5.41) is 0. The summed E-state index contributed by atoms with van der Waals surface area (Å²) < 4.78 is 4.96. The molecule has 0 unspecified atom stereocenters. The first-order chi connectivity index (χ1) is 9.72. The Morgan fingerprint density at radius 1 is 1.05 bits per heavy atom. The lowest BCUT2D eigenvalue weighted by Gasteiger charge is -2.05. The smallest absolute Gasteiger partial charge is 0.338 e. The van der Waals surface area contributed by atoms with E-state index in [9.17, 15) is 4.79 Å². The van der Waals surface area contributed by atoms with Crippen LogP contribution >= 0.6 is 0 Å². The molecule has 2 aromatic rings. The Hall–Kier alpha value is -2.35. The SMILES string of the molecule is C=Cc1ccc(Cc2ccc(C(=O)OCC)cc2)cc1. The van der Waals surface area contributed by atoms with Gasteiger partial charge in [0.05, 0.1) is 12.2 Å². The summed E-state index contributed by atoms with van der Waals surface area (Å²) in [6.45, 7) is 5.95. The van der Waals surface area contributed by atoms with Gasteiger partial charge < -0.3 is 4.74 Å². The highest BCUT2D eigenvalue weighted by molar-refractivity contribution is 5.89. The van der Waals surface area contributed by atoms with E-state index in [0.29, 0.717) is 12.2 Å². The number of esters is 1. The molecule has 0 atom stereocenters. The topological polar surface area (TPSA) is 26.3 Å². The zero-order valence-corrected chi connectivity index (χ0v) is 11.6. The van der Waals surface area contributed by atoms with Crippen LogP contribution in [0.4, 0.5) is 0 Å². The summed E-state index contributed by atoms with van der Waals surface area (Å²) >= 11 is 0. The second kappa shape index (κ2) is 6.71. The van der Waals surface area contributed by atoms with Crippen molar-refractivity contribution in [2.24, 2.45) is 0 Å². The third-order valence-corrected chi connectivity index (χ3v) is 3.09. The minimum atomic E-state index is -0.269. The van der Waals surface area contributed by atoms with Gasteiger partial charge in [-0.2, -0.15) is 0 Å². The van der Waals surface area contributed by atoms with Gasteiger partial charge in [0, 0.05) is 0 Å². The van der Waals surface area contributed by atoms with Crippen LogP contribution in [0.2, 0.25) is 0 Å². The molecule has 0 spiro atoms. The molecule has 2 heteroatoms. The molecule has 102 valence electrons. The Labute approximate surface area is 119 Å². The standard InChI is InChI=1S/C18H18O2/c1-3-14-5-7-15(8-6-14)13-16-9-11-17(12-10-16)18(19)20-4-2/h3,5-12H,1,4,13H2,2H3. The molecule has 2 nitrogen and oxygen atoms in total. The number of rotatable bonds is 5. The van der Waals surface area contributed by atoms with Gasteiger partial charge in [-0.3, -0.25) is 0 Å². The van der Waals surface area contributed by atoms with Crippen molar-refractivity contribution in [2.45, 2.75) is 13.3 Å². The highest BCUT2D eigenvalue weighted by Crippen LogP contribution is 2.13. The van der Waals surface area contributed by atoms with Crippen LogP contribution in [-0.2, 0) is 11.2 Å². The maximum Gasteiger partial charge on any atom is 0.338 e. The van der Waals surface area contributed by atoms with Crippen LogP contribution < -0.4 is 0 Å². The molecule has 0 fully saturated rings. The maximum absolute atomic E-state index is 11.6. The summed E-state index contributed by atoms with van der Waals surface area (Å²) in [6.07, 6.45) is 2.68. The summed E-state index contributed by atoms with van der Waals surface area (Å²) in [6, 6.07) is 15.8. The molecule has 2 aromatic carbocycles. The van der Waals surface area contributed by atoms with Crippen molar-refractivity contribution in [1.29, 1.82) is 0 Å². The van der Waals surface area contributed by atoms with Gasteiger partial charge >= 0.3 is 5.97 Å². The van der Waals surface area contributed by atoms with E-state index in [-0.39, 0.29) is 5.97 Å².